The average Bonchev–Trinajstić information content (AvgIpc) is 2.95. The van der Waals surface area contributed by atoms with Gasteiger partial charge < -0.3 is 14.5 Å². The Labute approximate surface area is 249 Å². The number of nitriles is 1. The summed E-state index contributed by atoms with van der Waals surface area (Å²) in [5.74, 6) is 1.68. The highest BCUT2D eigenvalue weighted by Crippen LogP contribution is 2.47. The van der Waals surface area contributed by atoms with Crippen molar-refractivity contribution >= 4 is 14.2 Å². The third kappa shape index (κ3) is 7.42. The lowest BCUT2D eigenvalue weighted by Crippen LogP contribution is -2.48. The zero-order valence-electron chi connectivity index (χ0n) is 26.3. The Morgan fingerprint density at radius 3 is 2.41 bits per heavy atom. The van der Waals surface area contributed by atoms with Crippen LogP contribution in [0.4, 0.5) is 0 Å². The van der Waals surface area contributed by atoms with Gasteiger partial charge in [0.05, 0.1) is 30.9 Å². The van der Waals surface area contributed by atoms with Crippen LogP contribution in [0, 0.1) is 30.1 Å². The van der Waals surface area contributed by atoms with Gasteiger partial charge in [-0.15, -0.1) is 0 Å². The van der Waals surface area contributed by atoms with Crippen LogP contribution >= 0.6 is 0 Å². The van der Waals surface area contributed by atoms with E-state index in [2.05, 4.69) is 76.4 Å². The fourth-order valence-corrected chi connectivity index (χ4v) is 7.94. The van der Waals surface area contributed by atoms with E-state index >= 15 is 0 Å². The number of nitrogens with zero attached hydrogens (tertiary/aromatic N) is 1. The molecule has 2 aromatic rings. The first-order chi connectivity index (χ1) is 19.4. The number of rotatable bonds is 8. The Kier molecular flexibility index (Phi) is 10.0. The molecule has 4 atom stereocenters. The second-order valence-corrected chi connectivity index (χ2v) is 18.6. The molecule has 6 heteroatoms. The Morgan fingerprint density at radius 2 is 1.78 bits per heavy atom. The Bertz CT molecular complexity index is 1240. The number of hydrogen-bond donors (Lipinski definition) is 1. The molecule has 1 N–H and O–H groups in total. The molecule has 0 spiro atoms. The molecule has 0 aromatic heterocycles. The number of hydrogen-bond acceptors (Lipinski definition) is 4. The molecule has 0 heterocycles. The van der Waals surface area contributed by atoms with E-state index in [-0.39, 0.29) is 40.8 Å². The van der Waals surface area contributed by atoms with Gasteiger partial charge in [-0.25, -0.2) is 0 Å². The van der Waals surface area contributed by atoms with Crippen LogP contribution in [0.25, 0.3) is 0 Å². The minimum atomic E-state index is -2.07. The Hall–Kier alpha value is -2.62. The van der Waals surface area contributed by atoms with Crippen molar-refractivity contribution in [3.8, 4) is 11.8 Å². The van der Waals surface area contributed by atoms with E-state index in [0.717, 1.165) is 61.8 Å². The molecule has 2 aliphatic rings. The van der Waals surface area contributed by atoms with Crippen molar-refractivity contribution in [1.29, 1.82) is 5.26 Å². The van der Waals surface area contributed by atoms with Crippen molar-refractivity contribution in [1.82, 2.24) is 5.32 Å². The van der Waals surface area contributed by atoms with E-state index in [0.29, 0.717) is 5.56 Å². The topological polar surface area (TPSA) is 71.3 Å². The van der Waals surface area contributed by atoms with E-state index in [9.17, 15) is 10.1 Å². The first kappa shape index (κ1) is 31.3. The highest BCUT2D eigenvalue weighted by Gasteiger charge is 2.44. The first-order valence-corrected chi connectivity index (χ1v) is 18.5. The largest absolute Gasteiger partial charge is 0.496 e. The van der Waals surface area contributed by atoms with Gasteiger partial charge in [0.1, 0.15) is 5.75 Å². The van der Waals surface area contributed by atoms with Crippen molar-refractivity contribution in [2.45, 2.75) is 115 Å². The number of ether oxygens (including phenoxy) is 1. The molecule has 5 nitrogen and oxygen atoms in total. The van der Waals surface area contributed by atoms with Crippen LogP contribution < -0.4 is 10.1 Å². The summed E-state index contributed by atoms with van der Waals surface area (Å²) in [7, 11) is -0.349. The predicted molar refractivity (Wildman–Crippen MR) is 168 cm³/mol. The monoisotopic (exact) mass is 574 g/mol. The molecule has 1 amide bonds. The number of methoxy groups -OCH3 is 1. The van der Waals surface area contributed by atoms with Gasteiger partial charge in [-0.05, 0) is 98.0 Å². The fourth-order valence-electron chi connectivity index (χ4n) is 6.57. The maximum absolute atomic E-state index is 13.6. The summed E-state index contributed by atoms with van der Waals surface area (Å²) in [6.45, 7) is 13.7. The third-order valence-corrected chi connectivity index (χ3v) is 14.6. The van der Waals surface area contributed by atoms with Gasteiger partial charge in [0.2, 0.25) is 5.91 Å². The van der Waals surface area contributed by atoms with Gasteiger partial charge in [-0.3, -0.25) is 4.79 Å². The van der Waals surface area contributed by atoms with E-state index in [4.69, 9.17) is 9.16 Å². The second kappa shape index (κ2) is 13.1. The number of benzene rings is 2. The molecule has 0 bridgehead atoms. The quantitative estimate of drug-likeness (QED) is 0.321. The minimum absolute atomic E-state index is 0.0515. The standard InChI is InChI=1S/C35H50N2O3Si/c1-24-20-27(17-19-31(24)39-5)30-18-16-29(22-32(30)40-41(6,7)35(2,3)4)33(28-15-11-12-25(21-28)23-36)37-34(38)26-13-9-8-10-14-26/h11-12,15,17,19-21,26,29-30,32-33H,8-10,13-14,16,18,22H2,1-7H3,(H,37,38). The zero-order chi connectivity index (χ0) is 29.8. The molecule has 222 valence electrons. The number of nitrogens with one attached hydrogen (secondary N) is 1. The molecule has 4 rings (SSSR count). The van der Waals surface area contributed by atoms with Crippen molar-refractivity contribution in [3.05, 3.63) is 64.7 Å². The van der Waals surface area contributed by atoms with E-state index in [1.54, 1.807) is 7.11 Å². The molecule has 0 radical (unpaired) electrons. The summed E-state index contributed by atoms with van der Waals surface area (Å²) < 4.78 is 12.8. The molecule has 2 saturated carbocycles. The number of aryl methyl sites for hydroxylation is 1. The number of carbonyl (C=O) groups is 1. The van der Waals surface area contributed by atoms with Crippen LogP contribution in [0.15, 0.2) is 42.5 Å². The summed E-state index contributed by atoms with van der Waals surface area (Å²) in [4.78, 5) is 13.6. The number of amides is 1. The van der Waals surface area contributed by atoms with Crippen molar-refractivity contribution in [2.24, 2.45) is 11.8 Å². The Morgan fingerprint density at radius 1 is 1.05 bits per heavy atom. The molecule has 2 aliphatic carbocycles. The lowest BCUT2D eigenvalue weighted by molar-refractivity contribution is -0.127. The lowest BCUT2D eigenvalue weighted by Gasteiger charge is -2.46. The second-order valence-electron chi connectivity index (χ2n) is 13.9. The van der Waals surface area contributed by atoms with E-state index in [1.807, 2.05) is 18.2 Å². The molecule has 0 saturated heterocycles. The smallest absolute Gasteiger partial charge is 0.223 e. The Balaban J connectivity index is 1.68. The van der Waals surface area contributed by atoms with Gasteiger partial charge in [0, 0.05) is 11.8 Å². The molecular weight excluding hydrogens is 524 g/mol. The van der Waals surface area contributed by atoms with Crippen LogP contribution in [0.5, 0.6) is 5.75 Å². The molecule has 2 fully saturated rings. The van der Waals surface area contributed by atoms with Crippen LogP contribution in [0.1, 0.15) is 106 Å². The maximum atomic E-state index is 13.6. The van der Waals surface area contributed by atoms with Gasteiger partial charge in [-0.1, -0.05) is 64.3 Å². The summed E-state index contributed by atoms with van der Waals surface area (Å²) >= 11 is 0. The van der Waals surface area contributed by atoms with Crippen LogP contribution in [-0.2, 0) is 9.22 Å². The average molecular weight is 575 g/mol. The van der Waals surface area contributed by atoms with Gasteiger partial charge in [0.25, 0.3) is 0 Å². The summed E-state index contributed by atoms with van der Waals surface area (Å²) in [5, 5.41) is 13.2. The van der Waals surface area contributed by atoms with E-state index in [1.165, 1.54) is 12.0 Å². The van der Waals surface area contributed by atoms with Crippen LogP contribution in [0.2, 0.25) is 18.1 Å². The van der Waals surface area contributed by atoms with E-state index < -0.39 is 8.32 Å². The SMILES string of the molecule is COc1ccc(C2CCC(C(NC(=O)C3CCCCC3)c3cccc(C#N)c3)CC2O[Si](C)(C)C(C)(C)C)cc1C. The molecular formula is C35H50N2O3Si. The highest BCUT2D eigenvalue weighted by molar-refractivity contribution is 6.74. The van der Waals surface area contributed by atoms with Gasteiger partial charge in [0.15, 0.2) is 8.32 Å². The lowest BCUT2D eigenvalue weighted by atomic mass is 9.72. The molecule has 41 heavy (non-hydrogen) atoms. The van der Waals surface area contributed by atoms with Gasteiger partial charge >= 0.3 is 0 Å². The summed E-state index contributed by atoms with van der Waals surface area (Å²) in [6, 6.07) is 16.6. The number of carbonyl (C=O) groups excluding carboxylic acids is 1. The fraction of sp³-hybridized carbons (Fsp3) is 0.600. The van der Waals surface area contributed by atoms with Crippen LogP contribution in [-0.4, -0.2) is 27.4 Å². The third-order valence-electron chi connectivity index (χ3n) is 10.1. The normalized spacial score (nSPS) is 22.9. The molecule has 4 unspecified atom stereocenters. The highest BCUT2D eigenvalue weighted by atomic mass is 28.4. The first-order valence-electron chi connectivity index (χ1n) is 15.6. The summed E-state index contributed by atoms with van der Waals surface area (Å²) in [6.07, 6.45) is 8.31. The van der Waals surface area contributed by atoms with Crippen molar-refractivity contribution in [2.75, 3.05) is 7.11 Å². The van der Waals surface area contributed by atoms with Crippen molar-refractivity contribution < 1.29 is 14.0 Å². The molecule has 0 aliphatic heterocycles. The van der Waals surface area contributed by atoms with Gasteiger partial charge in [-0.2, -0.15) is 5.26 Å². The van der Waals surface area contributed by atoms with Crippen LogP contribution in [0.3, 0.4) is 0 Å². The summed E-state index contributed by atoms with van der Waals surface area (Å²) in [5.41, 5.74) is 4.11. The van der Waals surface area contributed by atoms with Crippen molar-refractivity contribution in [3.63, 3.8) is 0 Å². The minimum Gasteiger partial charge on any atom is -0.496 e. The molecule has 2 aromatic carbocycles. The maximum Gasteiger partial charge on any atom is 0.223 e. The predicted octanol–water partition coefficient (Wildman–Crippen LogP) is 8.59. The zero-order valence-corrected chi connectivity index (χ0v) is 27.3.